The van der Waals surface area contributed by atoms with Gasteiger partial charge in [0.1, 0.15) is 11.5 Å². The summed E-state index contributed by atoms with van der Waals surface area (Å²) in [6.45, 7) is 4.78. The van der Waals surface area contributed by atoms with E-state index in [4.69, 9.17) is 9.47 Å². The summed E-state index contributed by atoms with van der Waals surface area (Å²) in [7, 11) is 0. The molecule has 1 heterocycles. The first kappa shape index (κ1) is 21.3. The van der Waals surface area contributed by atoms with Gasteiger partial charge >= 0.3 is 0 Å². The first-order valence-corrected chi connectivity index (χ1v) is 10.5. The summed E-state index contributed by atoms with van der Waals surface area (Å²) in [5, 5.41) is 7.80. The van der Waals surface area contributed by atoms with Gasteiger partial charge in [0.25, 0.3) is 5.91 Å². The van der Waals surface area contributed by atoms with Gasteiger partial charge in [-0.3, -0.25) is 14.9 Å². The van der Waals surface area contributed by atoms with Crippen LogP contribution in [0.5, 0.6) is 11.5 Å². The Morgan fingerprint density at radius 2 is 1.77 bits per heavy atom. The second kappa shape index (κ2) is 10.4. The van der Waals surface area contributed by atoms with Gasteiger partial charge in [0.15, 0.2) is 5.13 Å². The number of nitrogens with one attached hydrogen (secondary N) is 2. The van der Waals surface area contributed by atoms with Gasteiger partial charge in [-0.2, -0.15) is 0 Å². The van der Waals surface area contributed by atoms with Crippen molar-refractivity contribution < 1.29 is 19.1 Å². The number of nitrogens with zero attached hydrogens (tertiary/aromatic N) is 1. The highest BCUT2D eigenvalue weighted by molar-refractivity contribution is 7.14. The molecule has 0 fully saturated rings. The van der Waals surface area contributed by atoms with E-state index in [2.05, 4.69) is 15.6 Å². The van der Waals surface area contributed by atoms with Gasteiger partial charge in [0, 0.05) is 17.0 Å². The number of amides is 2. The number of aromatic nitrogens is 1. The number of anilines is 2. The van der Waals surface area contributed by atoms with E-state index >= 15 is 0 Å². The van der Waals surface area contributed by atoms with E-state index in [1.165, 1.54) is 11.3 Å². The van der Waals surface area contributed by atoms with Crippen molar-refractivity contribution in [2.45, 2.75) is 20.3 Å². The topological polar surface area (TPSA) is 89.5 Å². The molecule has 0 saturated carbocycles. The monoisotopic (exact) mass is 425 g/mol. The van der Waals surface area contributed by atoms with Crippen molar-refractivity contribution in [1.82, 2.24) is 4.98 Å². The Morgan fingerprint density at radius 1 is 1.00 bits per heavy atom. The predicted octanol–water partition coefficient (Wildman–Crippen LogP) is 4.37. The van der Waals surface area contributed by atoms with Crippen LogP contribution in [0.1, 0.15) is 29.9 Å². The second-order valence-corrected chi connectivity index (χ2v) is 7.07. The first-order valence-electron chi connectivity index (χ1n) is 9.59. The van der Waals surface area contributed by atoms with E-state index < -0.39 is 0 Å². The fourth-order valence-electron chi connectivity index (χ4n) is 2.71. The molecule has 0 bridgehead atoms. The first-order chi connectivity index (χ1) is 14.6. The van der Waals surface area contributed by atoms with Crippen LogP contribution < -0.4 is 20.1 Å². The number of carbonyl (C=O) groups excluding carboxylic acids is 2. The Morgan fingerprint density at radius 3 is 2.50 bits per heavy atom. The van der Waals surface area contributed by atoms with Crippen molar-refractivity contribution in [2.75, 3.05) is 23.8 Å². The lowest BCUT2D eigenvalue weighted by atomic mass is 10.2. The molecule has 0 aliphatic carbocycles. The number of rotatable bonds is 9. The zero-order valence-electron chi connectivity index (χ0n) is 16.8. The van der Waals surface area contributed by atoms with Gasteiger partial charge in [-0.15, -0.1) is 11.3 Å². The van der Waals surface area contributed by atoms with Gasteiger partial charge in [-0.25, -0.2) is 4.98 Å². The molecular formula is C22H23N3O4S. The highest BCUT2D eigenvalue weighted by Gasteiger charge is 2.14. The molecule has 8 heteroatoms. The molecule has 3 aromatic rings. The third-order valence-electron chi connectivity index (χ3n) is 3.99. The van der Waals surface area contributed by atoms with E-state index in [1.807, 2.05) is 19.9 Å². The molecule has 2 aromatic carbocycles. The number of carbonyl (C=O) groups is 2. The molecule has 0 saturated heterocycles. The van der Waals surface area contributed by atoms with Gasteiger partial charge in [-0.1, -0.05) is 18.2 Å². The number of ether oxygens (including phenoxy) is 2. The summed E-state index contributed by atoms with van der Waals surface area (Å²) < 4.78 is 11.1. The number of hydrogen-bond acceptors (Lipinski definition) is 6. The molecule has 156 valence electrons. The van der Waals surface area contributed by atoms with E-state index in [0.717, 1.165) is 0 Å². The van der Waals surface area contributed by atoms with Crippen molar-refractivity contribution in [3.05, 3.63) is 65.2 Å². The van der Waals surface area contributed by atoms with Crippen LogP contribution in [0.2, 0.25) is 0 Å². The van der Waals surface area contributed by atoms with Crippen molar-refractivity contribution in [3.8, 4) is 11.5 Å². The third-order valence-corrected chi connectivity index (χ3v) is 4.79. The summed E-state index contributed by atoms with van der Waals surface area (Å²) >= 11 is 1.27. The number of hydrogen-bond donors (Lipinski definition) is 2. The number of benzene rings is 2. The predicted molar refractivity (Wildman–Crippen MR) is 118 cm³/mol. The molecule has 0 spiro atoms. The van der Waals surface area contributed by atoms with E-state index in [-0.39, 0.29) is 18.2 Å². The molecule has 1 aromatic heterocycles. The maximum Gasteiger partial charge on any atom is 0.257 e. The lowest BCUT2D eigenvalue weighted by Crippen LogP contribution is -2.16. The largest absolute Gasteiger partial charge is 0.494 e. The molecule has 7 nitrogen and oxygen atoms in total. The zero-order chi connectivity index (χ0) is 21.3. The molecular weight excluding hydrogens is 402 g/mol. The third kappa shape index (κ3) is 5.81. The average Bonchev–Trinajstić information content (AvgIpc) is 3.17. The van der Waals surface area contributed by atoms with Crippen LogP contribution >= 0.6 is 11.3 Å². The molecule has 2 N–H and O–H groups in total. The van der Waals surface area contributed by atoms with E-state index in [0.29, 0.717) is 46.8 Å². The van der Waals surface area contributed by atoms with Crippen LogP contribution in [0, 0.1) is 0 Å². The Hall–Kier alpha value is -3.39. The Balaban J connectivity index is 1.63. The van der Waals surface area contributed by atoms with Crippen LogP contribution in [0.15, 0.2) is 53.9 Å². The average molecular weight is 426 g/mol. The maximum atomic E-state index is 12.5. The van der Waals surface area contributed by atoms with Crippen molar-refractivity contribution in [1.29, 1.82) is 0 Å². The minimum atomic E-state index is -0.241. The summed E-state index contributed by atoms with van der Waals surface area (Å²) in [5.41, 5.74) is 1.66. The Labute approximate surface area is 179 Å². The fourth-order valence-corrected chi connectivity index (χ4v) is 3.41. The standard InChI is InChI=1S/C22H23N3O4S/c1-3-28-17-10-11-19(29-4-2)18(13-17)24-20(26)12-16-14-30-22(23-16)25-21(27)15-8-6-5-7-9-15/h5-11,13-14H,3-4,12H2,1-2H3,(H,24,26)(H,23,25,27). The van der Waals surface area contributed by atoms with Crippen molar-refractivity contribution in [2.24, 2.45) is 0 Å². The molecule has 0 atom stereocenters. The van der Waals surface area contributed by atoms with Crippen LogP contribution in [0.4, 0.5) is 10.8 Å². The lowest BCUT2D eigenvalue weighted by molar-refractivity contribution is -0.115. The quantitative estimate of drug-likeness (QED) is 0.531. The van der Waals surface area contributed by atoms with E-state index in [9.17, 15) is 9.59 Å². The smallest absolute Gasteiger partial charge is 0.257 e. The Kier molecular flexibility index (Phi) is 7.40. The van der Waals surface area contributed by atoms with Gasteiger partial charge in [0.2, 0.25) is 5.91 Å². The molecule has 3 rings (SSSR count). The van der Waals surface area contributed by atoms with Crippen LogP contribution in [0.25, 0.3) is 0 Å². The highest BCUT2D eigenvalue weighted by atomic mass is 32.1. The van der Waals surface area contributed by atoms with Gasteiger partial charge in [-0.05, 0) is 38.1 Å². The maximum absolute atomic E-state index is 12.5. The molecule has 2 amide bonds. The van der Waals surface area contributed by atoms with Gasteiger partial charge < -0.3 is 14.8 Å². The summed E-state index contributed by atoms with van der Waals surface area (Å²) in [6, 6.07) is 14.2. The van der Waals surface area contributed by atoms with Crippen LogP contribution in [0.3, 0.4) is 0 Å². The molecule has 0 aliphatic rings. The number of thiazole rings is 1. The van der Waals surface area contributed by atoms with Crippen molar-refractivity contribution in [3.63, 3.8) is 0 Å². The summed E-state index contributed by atoms with van der Waals surface area (Å²) in [4.78, 5) is 29.1. The normalized spacial score (nSPS) is 10.3. The Bertz CT molecular complexity index is 1000. The summed E-state index contributed by atoms with van der Waals surface area (Å²) in [6.07, 6.45) is 0.0716. The van der Waals surface area contributed by atoms with Gasteiger partial charge in [0.05, 0.1) is 31.0 Å². The summed E-state index contributed by atoms with van der Waals surface area (Å²) in [5.74, 6) is 0.741. The van der Waals surface area contributed by atoms with Crippen LogP contribution in [-0.4, -0.2) is 30.0 Å². The van der Waals surface area contributed by atoms with E-state index in [1.54, 1.807) is 47.8 Å². The zero-order valence-corrected chi connectivity index (χ0v) is 17.6. The second-order valence-electron chi connectivity index (χ2n) is 6.21. The van der Waals surface area contributed by atoms with Crippen LogP contribution in [-0.2, 0) is 11.2 Å². The molecule has 0 aliphatic heterocycles. The molecule has 30 heavy (non-hydrogen) atoms. The molecule has 0 radical (unpaired) electrons. The SMILES string of the molecule is CCOc1ccc(OCC)c(NC(=O)Cc2csc(NC(=O)c3ccccc3)n2)c1. The molecule has 0 unspecified atom stereocenters. The minimum Gasteiger partial charge on any atom is -0.494 e. The lowest BCUT2D eigenvalue weighted by Gasteiger charge is -2.13. The minimum absolute atomic E-state index is 0.0716. The fraction of sp³-hybridized carbons (Fsp3) is 0.227. The van der Waals surface area contributed by atoms with Crippen molar-refractivity contribution >= 4 is 34.0 Å². The highest BCUT2D eigenvalue weighted by Crippen LogP contribution is 2.29.